The number of ether oxygens (including phenoxy) is 1. The van der Waals surface area contributed by atoms with E-state index < -0.39 is 0 Å². The van der Waals surface area contributed by atoms with E-state index in [1.54, 1.807) is 0 Å². The third-order valence-electron chi connectivity index (χ3n) is 4.53. The van der Waals surface area contributed by atoms with Crippen LogP contribution in [0.15, 0.2) is 54.7 Å². The van der Waals surface area contributed by atoms with E-state index in [2.05, 4.69) is 41.5 Å². The number of aryl methyl sites for hydroxylation is 1. The summed E-state index contributed by atoms with van der Waals surface area (Å²) in [5.74, 6) is 0.663. The smallest absolute Gasteiger partial charge is 0.233 e. The van der Waals surface area contributed by atoms with Gasteiger partial charge >= 0.3 is 0 Å². The highest BCUT2D eigenvalue weighted by Crippen LogP contribution is 2.28. The molecule has 26 heavy (non-hydrogen) atoms. The van der Waals surface area contributed by atoms with Gasteiger partial charge < -0.3 is 10.1 Å². The first-order valence-electron chi connectivity index (χ1n) is 8.69. The Labute approximate surface area is 156 Å². The normalized spacial score (nSPS) is 15.8. The van der Waals surface area contributed by atoms with E-state index >= 15 is 0 Å². The number of rotatable bonds is 4. The third-order valence-corrected chi connectivity index (χ3v) is 5.45. The van der Waals surface area contributed by atoms with Gasteiger partial charge in [-0.25, -0.2) is 4.98 Å². The molecule has 132 valence electrons. The molecular formula is C21H20N2O2S. The summed E-state index contributed by atoms with van der Waals surface area (Å²) < 4.78 is 5.71. The summed E-state index contributed by atoms with van der Waals surface area (Å²) in [4.78, 5) is 18.0. The zero-order chi connectivity index (χ0) is 17.9. The Morgan fingerprint density at radius 1 is 1.23 bits per heavy atom. The van der Waals surface area contributed by atoms with Crippen molar-refractivity contribution in [3.05, 3.63) is 76.3 Å². The van der Waals surface area contributed by atoms with Crippen LogP contribution in [-0.4, -0.2) is 17.5 Å². The van der Waals surface area contributed by atoms with Gasteiger partial charge in [-0.2, -0.15) is 0 Å². The Balaban J connectivity index is 1.38. The molecule has 1 aromatic heterocycles. The molecule has 1 N–H and O–H groups in total. The molecule has 4 nitrogen and oxygen atoms in total. The number of fused-ring (bicyclic) bond motifs is 1. The van der Waals surface area contributed by atoms with Gasteiger partial charge in [-0.1, -0.05) is 48.0 Å². The Hall–Kier alpha value is -2.66. The minimum absolute atomic E-state index is 0.0317. The van der Waals surface area contributed by atoms with Gasteiger partial charge in [-0.3, -0.25) is 4.79 Å². The number of thiazole rings is 1. The average Bonchev–Trinajstić information content (AvgIpc) is 3.10. The third kappa shape index (κ3) is 3.78. The molecule has 0 fully saturated rings. The molecule has 1 aliphatic rings. The summed E-state index contributed by atoms with van der Waals surface area (Å²) in [6.07, 6.45) is 3.37. The van der Waals surface area contributed by atoms with Crippen molar-refractivity contribution in [2.75, 3.05) is 11.9 Å². The predicted molar refractivity (Wildman–Crippen MR) is 104 cm³/mol. The number of aromatic nitrogens is 1. The van der Waals surface area contributed by atoms with Crippen molar-refractivity contribution < 1.29 is 9.53 Å². The number of amides is 1. The first-order chi connectivity index (χ1) is 12.7. The van der Waals surface area contributed by atoms with Gasteiger partial charge in [0.25, 0.3) is 0 Å². The number of hydrogen-bond donors (Lipinski definition) is 1. The van der Waals surface area contributed by atoms with Crippen molar-refractivity contribution >= 4 is 22.4 Å². The monoisotopic (exact) mass is 364 g/mol. The molecule has 0 radical (unpaired) electrons. The molecule has 0 saturated heterocycles. The lowest BCUT2D eigenvalue weighted by molar-refractivity contribution is -0.121. The lowest BCUT2D eigenvalue weighted by Crippen LogP contribution is -2.32. The fourth-order valence-electron chi connectivity index (χ4n) is 3.06. The van der Waals surface area contributed by atoms with Gasteiger partial charge in [0.1, 0.15) is 12.4 Å². The van der Waals surface area contributed by atoms with Gasteiger partial charge in [-0.15, -0.1) is 11.3 Å². The van der Waals surface area contributed by atoms with Crippen molar-refractivity contribution in [1.82, 2.24) is 4.98 Å². The molecule has 5 heteroatoms. The van der Waals surface area contributed by atoms with Crippen LogP contribution in [-0.2, 0) is 17.6 Å². The second-order valence-electron chi connectivity index (χ2n) is 6.60. The molecular weight excluding hydrogens is 344 g/mol. The Kier molecular flexibility index (Phi) is 4.71. The van der Waals surface area contributed by atoms with E-state index in [9.17, 15) is 4.79 Å². The van der Waals surface area contributed by atoms with E-state index in [0.717, 1.165) is 22.6 Å². The SMILES string of the molecule is Cc1ccc(Cc2cnc(NC(=O)[C@H]3COc4ccccc4C3)s2)cc1. The number of carbonyl (C=O) groups excluding carboxylic acids is 1. The Morgan fingerprint density at radius 3 is 2.88 bits per heavy atom. The number of nitrogens with zero attached hydrogens (tertiary/aromatic N) is 1. The van der Waals surface area contributed by atoms with Crippen molar-refractivity contribution in [1.29, 1.82) is 0 Å². The van der Waals surface area contributed by atoms with Crippen LogP contribution in [0.25, 0.3) is 0 Å². The lowest BCUT2D eigenvalue weighted by Gasteiger charge is -2.24. The molecule has 4 rings (SSSR count). The fraction of sp³-hybridized carbons (Fsp3) is 0.238. The van der Waals surface area contributed by atoms with Crippen LogP contribution in [0.5, 0.6) is 5.75 Å². The zero-order valence-electron chi connectivity index (χ0n) is 14.6. The van der Waals surface area contributed by atoms with Crippen LogP contribution < -0.4 is 10.1 Å². The number of hydrogen-bond acceptors (Lipinski definition) is 4. The highest BCUT2D eigenvalue weighted by Gasteiger charge is 2.26. The Morgan fingerprint density at radius 2 is 2.04 bits per heavy atom. The summed E-state index contributed by atoms with van der Waals surface area (Å²) in [7, 11) is 0. The van der Waals surface area contributed by atoms with Gasteiger partial charge in [-0.05, 0) is 30.5 Å². The summed E-state index contributed by atoms with van der Waals surface area (Å²) in [6, 6.07) is 16.4. The minimum Gasteiger partial charge on any atom is -0.492 e. The first kappa shape index (κ1) is 16.8. The highest BCUT2D eigenvalue weighted by molar-refractivity contribution is 7.15. The van der Waals surface area contributed by atoms with E-state index in [0.29, 0.717) is 18.2 Å². The maximum atomic E-state index is 12.6. The number of carbonyl (C=O) groups is 1. The summed E-state index contributed by atoms with van der Waals surface area (Å²) in [5.41, 5.74) is 3.58. The molecule has 0 spiro atoms. The molecule has 1 atom stereocenters. The maximum absolute atomic E-state index is 12.6. The quantitative estimate of drug-likeness (QED) is 0.754. The van der Waals surface area contributed by atoms with Gasteiger partial charge in [0.15, 0.2) is 5.13 Å². The molecule has 1 aliphatic heterocycles. The maximum Gasteiger partial charge on any atom is 0.233 e. The van der Waals surface area contributed by atoms with Crippen molar-refractivity contribution in [3.8, 4) is 5.75 Å². The van der Waals surface area contributed by atoms with Crippen molar-refractivity contribution in [2.24, 2.45) is 5.92 Å². The Bertz CT molecular complexity index is 918. The van der Waals surface area contributed by atoms with E-state index in [1.165, 1.54) is 22.5 Å². The molecule has 3 aromatic rings. The van der Waals surface area contributed by atoms with Crippen molar-refractivity contribution in [3.63, 3.8) is 0 Å². The number of benzene rings is 2. The van der Waals surface area contributed by atoms with Crippen LogP contribution >= 0.6 is 11.3 Å². The number of anilines is 1. The van der Waals surface area contributed by atoms with Crippen molar-refractivity contribution in [2.45, 2.75) is 19.8 Å². The molecule has 1 amide bonds. The molecule has 0 bridgehead atoms. The van der Waals surface area contributed by atoms with Crippen LogP contribution in [0.2, 0.25) is 0 Å². The van der Waals surface area contributed by atoms with Crippen LogP contribution in [0.4, 0.5) is 5.13 Å². The van der Waals surface area contributed by atoms with E-state index in [-0.39, 0.29) is 11.8 Å². The topological polar surface area (TPSA) is 51.2 Å². The largest absolute Gasteiger partial charge is 0.492 e. The van der Waals surface area contributed by atoms with Crippen LogP contribution in [0, 0.1) is 12.8 Å². The zero-order valence-corrected chi connectivity index (χ0v) is 15.4. The molecule has 2 aromatic carbocycles. The molecule has 0 aliphatic carbocycles. The van der Waals surface area contributed by atoms with Gasteiger partial charge in [0, 0.05) is 17.5 Å². The minimum atomic E-state index is -0.186. The first-order valence-corrected chi connectivity index (χ1v) is 9.51. The predicted octanol–water partition coefficient (Wildman–Crippen LogP) is 4.23. The summed E-state index contributed by atoms with van der Waals surface area (Å²) >= 11 is 1.53. The molecule has 0 unspecified atom stereocenters. The summed E-state index contributed by atoms with van der Waals surface area (Å²) in [5, 5.41) is 3.60. The average molecular weight is 364 g/mol. The number of nitrogens with one attached hydrogen (secondary N) is 1. The second-order valence-corrected chi connectivity index (χ2v) is 7.72. The fourth-order valence-corrected chi connectivity index (χ4v) is 3.91. The van der Waals surface area contributed by atoms with E-state index in [4.69, 9.17) is 4.74 Å². The highest BCUT2D eigenvalue weighted by atomic mass is 32.1. The summed E-state index contributed by atoms with van der Waals surface area (Å²) in [6.45, 7) is 2.49. The van der Waals surface area contributed by atoms with E-state index in [1.807, 2.05) is 30.5 Å². The second kappa shape index (κ2) is 7.30. The lowest BCUT2D eigenvalue weighted by atomic mass is 9.96. The van der Waals surface area contributed by atoms with Gasteiger partial charge in [0.2, 0.25) is 5.91 Å². The number of para-hydroxylation sites is 1. The molecule has 2 heterocycles. The van der Waals surface area contributed by atoms with Crippen LogP contribution in [0.1, 0.15) is 21.6 Å². The van der Waals surface area contributed by atoms with Crippen LogP contribution in [0.3, 0.4) is 0 Å². The van der Waals surface area contributed by atoms with Gasteiger partial charge in [0.05, 0.1) is 5.92 Å². The standard InChI is InChI=1S/C21H20N2O2S/c1-14-6-8-15(9-7-14)10-18-12-22-21(26-18)23-20(24)17-11-16-4-2-3-5-19(16)25-13-17/h2-9,12,17H,10-11,13H2,1H3,(H,22,23,24)/t17-/m1/s1. The molecule has 0 saturated carbocycles.